The molecule has 0 aliphatic carbocycles. The van der Waals surface area contributed by atoms with Gasteiger partial charge in [-0.15, -0.1) is 17.9 Å². The van der Waals surface area contributed by atoms with Crippen LogP contribution < -0.4 is 0 Å². The molecule has 35 heavy (non-hydrogen) atoms. The first-order valence-electron chi connectivity index (χ1n) is 12.3. The Bertz CT molecular complexity index is 1030. The topological polar surface area (TPSA) is 59.9 Å². The number of hydrogen-bond donors (Lipinski definition) is 0. The maximum Gasteiger partial charge on any atom is 0.191 e. The summed E-state index contributed by atoms with van der Waals surface area (Å²) in [5, 5.41) is 2.59. The van der Waals surface area contributed by atoms with Gasteiger partial charge in [0.1, 0.15) is 0 Å². The van der Waals surface area contributed by atoms with Crippen LogP contribution in [-0.2, 0) is 0 Å². The number of carbonyl (C=O) groups is 2. The Morgan fingerprint density at radius 1 is 0.971 bits per heavy atom. The summed E-state index contributed by atoms with van der Waals surface area (Å²) in [5.41, 5.74) is 3.64. The van der Waals surface area contributed by atoms with Crippen molar-refractivity contribution >= 4 is 22.9 Å². The fraction of sp³-hybridized carbons (Fsp3) is 0.400. The van der Waals surface area contributed by atoms with Gasteiger partial charge in [-0.05, 0) is 37.8 Å². The van der Waals surface area contributed by atoms with E-state index in [9.17, 15) is 9.59 Å². The zero-order valence-electron chi connectivity index (χ0n) is 22.1. The second kappa shape index (κ2) is 16.7. The third-order valence-corrected chi connectivity index (χ3v) is 6.39. The Balaban J connectivity index is 0.000000323. The molecule has 0 saturated heterocycles. The molecule has 3 rings (SSSR count). The first-order chi connectivity index (χ1) is 16.7. The molecule has 0 bridgehead atoms. The van der Waals surface area contributed by atoms with E-state index in [0.717, 1.165) is 35.4 Å². The summed E-state index contributed by atoms with van der Waals surface area (Å²) in [6, 6.07) is 13.7. The van der Waals surface area contributed by atoms with Crippen molar-refractivity contribution in [1.29, 1.82) is 0 Å². The van der Waals surface area contributed by atoms with Gasteiger partial charge >= 0.3 is 0 Å². The molecule has 4 nitrogen and oxygen atoms in total. The lowest BCUT2D eigenvalue weighted by Crippen LogP contribution is -2.05. The summed E-state index contributed by atoms with van der Waals surface area (Å²) in [6.45, 7) is 15.6. The van der Waals surface area contributed by atoms with E-state index in [1.165, 1.54) is 11.3 Å². The molecule has 0 aliphatic rings. The third-order valence-electron chi connectivity index (χ3n) is 5.51. The van der Waals surface area contributed by atoms with Crippen molar-refractivity contribution in [2.75, 3.05) is 0 Å². The van der Waals surface area contributed by atoms with Crippen LogP contribution in [0.3, 0.4) is 0 Å². The molecule has 2 atom stereocenters. The van der Waals surface area contributed by atoms with Crippen LogP contribution in [-0.4, -0.2) is 21.5 Å². The Labute approximate surface area is 215 Å². The largest absolute Gasteiger partial charge is 0.294 e. The normalized spacial score (nSPS) is 11.7. The molecule has 2 aromatic heterocycles. The van der Waals surface area contributed by atoms with Crippen molar-refractivity contribution in [3.8, 4) is 11.3 Å². The lowest BCUT2D eigenvalue weighted by molar-refractivity contribution is 0.0955. The van der Waals surface area contributed by atoms with Crippen LogP contribution in [0.5, 0.6) is 0 Å². The van der Waals surface area contributed by atoms with Gasteiger partial charge in [0.05, 0.1) is 5.69 Å². The van der Waals surface area contributed by atoms with E-state index in [-0.39, 0.29) is 11.6 Å². The maximum atomic E-state index is 12.0. The number of aromatic nitrogens is 2. The summed E-state index contributed by atoms with van der Waals surface area (Å²) >= 11 is 1.44. The van der Waals surface area contributed by atoms with Gasteiger partial charge in [0.25, 0.3) is 0 Å². The maximum absolute atomic E-state index is 12.0. The van der Waals surface area contributed by atoms with E-state index in [1.54, 1.807) is 12.3 Å². The Morgan fingerprint density at radius 3 is 2.06 bits per heavy atom. The molecule has 0 radical (unpaired) electrons. The van der Waals surface area contributed by atoms with Gasteiger partial charge in [-0.25, -0.2) is 4.98 Å². The smallest absolute Gasteiger partial charge is 0.191 e. The number of aryl methyl sites for hydroxylation is 1. The second-order valence-electron chi connectivity index (χ2n) is 8.78. The number of allylic oxidation sites excluding steroid dienone is 1. The summed E-state index contributed by atoms with van der Waals surface area (Å²) in [7, 11) is 0. The van der Waals surface area contributed by atoms with Crippen molar-refractivity contribution in [3.63, 3.8) is 0 Å². The number of nitrogens with zero attached hydrogens (tertiary/aromatic N) is 2. The van der Waals surface area contributed by atoms with Gasteiger partial charge in [0, 0.05) is 41.2 Å². The van der Waals surface area contributed by atoms with Crippen LogP contribution in [0, 0.1) is 18.8 Å². The predicted molar refractivity (Wildman–Crippen MR) is 149 cm³/mol. The van der Waals surface area contributed by atoms with Crippen LogP contribution in [0.4, 0.5) is 0 Å². The van der Waals surface area contributed by atoms with E-state index >= 15 is 0 Å². The number of Topliss-reactive ketones (excluding diaryl/α,β-unsaturated/α-hetero) is 2. The van der Waals surface area contributed by atoms with Crippen LogP contribution in [0.15, 0.2) is 66.7 Å². The highest BCUT2D eigenvalue weighted by Crippen LogP contribution is 2.23. The van der Waals surface area contributed by atoms with Gasteiger partial charge in [0.2, 0.25) is 0 Å². The molecule has 1 aromatic carbocycles. The predicted octanol–water partition coefficient (Wildman–Crippen LogP) is 8.63. The third kappa shape index (κ3) is 11.4. The van der Waals surface area contributed by atoms with Gasteiger partial charge in [-0.2, -0.15) is 0 Å². The van der Waals surface area contributed by atoms with Crippen LogP contribution in [0.2, 0.25) is 0 Å². The average Bonchev–Trinajstić information content (AvgIpc) is 3.36. The van der Waals surface area contributed by atoms with Gasteiger partial charge < -0.3 is 0 Å². The first-order valence-corrected chi connectivity index (χ1v) is 13.2. The summed E-state index contributed by atoms with van der Waals surface area (Å²) in [5.74, 6) is 1.26. The highest BCUT2D eigenvalue weighted by Gasteiger charge is 2.14. The summed E-state index contributed by atoms with van der Waals surface area (Å²) < 4.78 is 0. The highest BCUT2D eigenvalue weighted by atomic mass is 32.1. The lowest BCUT2D eigenvalue weighted by atomic mass is 9.99. The van der Waals surface area contributed by atoms with Crippen molar-refractivity contribution < 1.29 is 9.59 Å². The second-order valence-corrected chi connectivity index (χ2v) is 9.64. The summed E-state index contributed by atoms with van der Waals surface area (Å²) in [6.07, 6.45) is 6.72. The molecule has 0 amide bonds. The minimum atomic E-state index is 0.163. The molecular weight excluding hydrogens is 452 g/mol. The molecule has 3 aromatic rings. The van der Waals surface area contributed by atoms with Crippen LogP contribution >= 0.6 is 11.3 Å². The minimum Gasteiger partial charge on any atom is -0.294 e. The minimum absolute atomic E-state index is 0.163. The number of thiazole rings is 1. The van der Waals surface area contributed by atoms with E-state index in [4.69, 9.17) is 0 Å². The molecular formula is C30H40N2O2S. The number of pyridine rings is 1. The number of ketones is 2. The van der Waals surface area contributed by atoms with Crippen molar-refractivity contribution in [2.24, 2.45) is 11.8 Å². The van der Waals surface area contributed by atoms with Gasteiger partial charge in [0.15, 0.2) is 16.6 Å². The Hall–Kier alpha value is -2.92. The van der Waals surface area contributed by atoms with Crippen molar-refractivity contribution in [2.45, 2.75) is 67.2 Å². The van der Waals surface area contributed by atoms with E-state index in [2.05, 4.69) is 44.2 Å². The monoisotopic (exact) mass is 492 g/mol. The van der Waals surface area contributed by atoms with Gasteiger partial charge in [-0.3, -0.25) is 14.6 Å². The molecule has 2 heterocycles. The summed E-state index contributed by atoms with van der Waals surface area (Å²) in [4.78, 5) is 32.2. The van der Waals surface area contributed by atoms with Crippen molar-refractivity contribution in [1.82, 2.24) is 9.97 Å². The first kappa shape index (κ1) is 30.1. The van der Waals surface area contributed by atoms with Crippen LogP contribution in [0.25, 0.3) is 11.3 Å². The lowest BCUT2D eigenvalue weighted by Gasteiger charge is -2.06. The standard InChI is InChI=1S/C15H17NOS.C12H17NO.C3H6/c1-3-11(2)9-14(17)15-16-13(10-18-15)12-7-5-4-6-8-12;1-4-9(2)7-12(14)11-6-5-10(3)13-8-11;1-3-2/h4-8,10-11H,3,9H2,1-2H3;5-6,8-9H,4,7H2,1-3H3;3H,1H2,2H3. The molecule has 0 aliphatic heterocycles. The fourth-order valence-corrected chi connectivity index (χ4v) is 3.68. The quantitative estimate of drug-likeness (QED) is 0.221. The highest BCUT2D eigenvalue weighted by molar-refractivity contribution is 7.12. The molecule has 5 heteroatoms. The van der Waals surface area contributed by atoms with E-state index < -0.39 is 0 Å². The van der Waals surface area contributed by atoms with Crippen LogP contribution in [0.1, 0.15) is 86.2 Å². The number of hydrogen-bond acceptors (Lipinski definition) is 5. The zero-order chi connectivity index (χ0) is 26.2. The SMILES string of the molecule is C=CC.CCC(C)CC(=O)c1ccc(C)nc1.CCC(C)CC(=O)c1nc(-c2ccccc2)cs1. The van der Waals surface area contributed by atoms with E-state index in [0.29, 0.717) is 29.7 Å². The molecule has 0 fully saturated rings. The fourth-order valence-electron chi connectivity index (χ4n) is 2.90. The molecule has 0 saturated carbocycles. The molecule has 2 unspecified atom stereocenters. The molecule has 0 spiro atoms. The average molecular weight is 493 g/mol. The molecule has 188 valence electrons. The van der Waals surface area contributed by atoms with Gasteiger partial charge in [-0.1, -0.05) is 76.9 Å². The Morgan fingerprint density at radius 2 is 1.54 bits per heavy atom. The molecule has 0 N–H and O–H groups in total. The number of carbonyl (C=O) groups excluding carboxylic acids is 2. The van der Waals surface area contributed by atoms with E-state index in [1.807, 2.05) is 61.7 Å². The number of rotatable bonds is 9. The zero-order valence-corrected chi connectivity index (χ0v) is 22.9. The van der Waals surface area contributed by atoms with Crippen molar-refractivity contribution in [3.05, 3.63) is 83.0 Å². The Kier molecular flexibility index (Phi) is 14.3. The number of benzene rings is 1.